The van der Waals surface area contributed by atoms with Crippen LogP contribution in [0, 0.1) is 0 Å². The number of fused-ring (bicyclic) bond motifs is 3. The highest BCUT2D eigenvalue weighted by Gasteiger charge is 2.24. The first-order valence-electron chi connectivity index (χ1n) is 9.83. The van der Waals surface area contributed by atoms with E-state index >= 15 is 0 Å². The zero-order valence-electron chi connectivity index (χ0n) is 16.0. The monoisotopic (exact) mass is 456 g/mol. The maximum atomic E-state index is 13.5. The molecule has 30 heavy (non-hydrogen) atoms. The molecule has 2 heterocycles. The number of thiophene rings is 1. The van der Waals surface area contributed by atoms with Gasteiger partial charge in [-0.15, -0.1) is 11.3 Å². The Morgan fingerprint density at radius 3 is 2.20 bits per heavy atom. The van der Waals surface area contributed by atoms with Crippen LogP contribution < -0.4 is 11.2 Å². The van der Waals surface area contributed by atoms with Gasteiger partial charge in [-0.25, -0.2) is 9.36 Å². The van der Waals surface area contributed by atoms with Crippen LogP contribution in [0.3, 0.4) is 0 Å². The second kappa shape index (κ2) is 7.73. The Hall–Kier alpha value is -2.34. The van der Waals surface area contributed by atoms with Gasteiger partial charge < -0.3 is 0 Å². The summed E-state index contributed by atoms with van der Waals surface area (Å²) >= 11 is 13.6. The average molecular weight is 457 g/mol. The number of rotatable bonds is 3. The van der Waals surface area contributed by atoms with E-state index in [1.807, 2.05) is 24.3 Å². The molecule has 2 aromatic carbocycles. The van der Waals surface area contributed by atoms with Gasteiger partial charge in [0.25, 0.3) is 5.56 Å². The number of hydrogen-bond donors (Lipinski definition) is 0. The van der Waals surface area contributed by atoms with E-state index < -0.39 is 0 Å². The van der Waals surface area contributed by atoms with Gasteiger partial charge in [-0.3, -0.25) is 9.36 Å². The Labute approximate surface area is 186 Å². The number of hydrogen-bond acceptors (Lipinski definition) is 3. The van der Waals surface area contributed by atoms with Gasteiger partial charge in [-0.2, -0.15) is 0 Å². The van der Waals surface area contributed by atoms with Crippen LogP contribution in [0.2, 0.25) is 10.0 Å². The number of aromatic nitrogens is 2. The van der Waals surface area contributed by atoms with Gasteiger partial charge in [0.2, 0.25) is 0 Å². The quantitative estimate of drug-likeness (QED) is 0.411. The van der Waals surface area contributed by atoms with Gasteiger partial charge in [-0.1, -0.05) is 35.3 Å². The molecule has 0 N–H and O–H groups in total. The summed E-state index contributed by atoms with van der Waals surface area (Å²) in [5, 5.41) is 1.88. The highest BCUT2D eigenvalue weighted by atomic mass is 35.5. The van der Waals surface area contributed by atoms with Crippen molar-refractivity contribution in [3.05, 3.63) is 95.4 Å². The Kier molecular flexibility index (Phi) is 5.05. The summed E-state index contributed by atoms with van der Waals surface area (Å²) in [5.41, 5.74) is 2.00. The van der Waals surface area contributed by atoms with E-state index in [1.54, 1.807) is 40.2 Å². The SMILES string of the molecule is O=c1c2c3c(sc2n(Cc2ccc(Cl)cc2)c(=O)n1-c1ccc(Cl)cc1)CCCC3. The molecule has 1 aliphatic carbocycles. The molecular formula is C23H18Cl2N2O2S. The molecule has 0 fully saturated rings. The maximum Gasteiger partial charge on any atom is 0.337 e. The average Bonchev–Trinajstić information content (AvgIpc) is 3.13. The van der Waals surface area contributed by atoms with Gasteiger partial charge in [0, 0.05) is 14.9 Å². The Morgan fingerprint density at radius 1 is 0.867 bits per heavy atom. The van der Waals surface area contributed by atoms with E-state index in [9.17, 15) is 9.59 Å². The lowest BCUT2D eigenvalue weighted by Crippen LogP contribution is -2.39. The molecule has 0 unspecified atom stereocenters. The van der Waals surface area contributed by atoms with Gasteiger partial charge in [0.1, 0.15) is 4.83 Å². The number of aryl methyl sites for hydroxylation is 2. The molecule has 4 aromatic rings. The van der Waals surface area contributed by atoms with Gasteiger partial charge >= 0.3 is 5.69 Å². The third-order valence-electron chi connectivity index (χ3n) is 5.58. The lowest BCUT2D eigenvalue weighted by molar-refractivity contribution is 0.696. The summed E-state index contributed by atoms with van der Waals surface area (Å²) in [6, 6.07) is 14.3. The summed E-state index contributed by atoms with van der Waals surface area (Å²) in [6.07, 6.45) is 4.02. The molecule has 0 bridgehead atoms. The lowest BCUT2D eigenvalue weighted by Gasteiger charge is -2.14. The van der Waals surface area contributed by atoms with Gasteiger partial charge in [-0.05, 0) is 73.2 Å². The summed E-state index contributed by atoms with van der Waals surface area (Å²) in [7, 11) is 0. The molecule has 0 aliphatic heterocycles. The zero-order valence-corrected chi connectivity index (χ0v) is 18.4. The van der Waals surface area contributed by atoms with Crippen LogP contribution >= 0.6 is 34.5 Å². The predicted molar refractivity (Wildman–Crippen MR) is 124 cm³/mol. The zero-order chi connectivity index (χ0) is 20.8. The van der Waals surface area contributed by atoms with Crippen molar-refractivity contribution in [2.75, 3.05) is 0 Å². The fourth-order valence-corrected chi connectivity index (χ4v) is 5.72. The normalized spacial score (nSPS) is 13.5. The summed E-state index contributed by atoms with van der Waals surface area (Å²) < 4.78 is 2.99. The molecule has 7 heteroatoms. The van der Waals surface area contributed by atoms with Crippen molar-refractivity contribution in [1.29, 1.82) is 0 Å². The summed E-state index contributed by atoms with van der Waals surface area (Å²) in [4.78, 5) is 29.1. The van der Waals surface area contributed by atoms with Crippen molar-refractivity contribution < 1.29 is 0 Å². The number of benzene rings is 2. The molecule has 0 spiro atoms. The second-order valence-electron chi connectivity index (χ2n) is 7.50. The molecule has 5 rings (SSSR count). The van der Waals surface area contributed by atoms with Crippen LogP contribution in [0.15, 0.2) is 58.1 Å². The molecule has 4 nitrogen and oxygen atoms in total. The van der Waals surface area contributed by atoms with E-state index in [0.29, 0.717) is 27.7 Å². The minimum atomic E-state index is -0.344. The third-order valence-corrected chi connectivity index (χ3v) is 7.39. The fourth-order valence-electron chi connectivity index (χ4n) is 4.10. The van der Waals surface area contributed by atoms with Gasteiger partial charge in [0.05, 0.1) is 17.6 Å². The predicted octanol–water partition coefficient (Wildman–Crippen LogP) is 5.45. The van der Waals surface area contributed by atoms with Crippen LogP contribution in [0.4, 0.5) is 0 Å². The van der Waals surface area contributed by atoms with Crippen LogP contribution in [-0.2, 0) is 19.4 Å². The lowest BCUT2D eigenvalue weighted by atomic mass is 9.97. The first-order valence-corrected chi connectivity index (χ1v) is 11.4. The number of nitrogens with zero attached hydrogens (tertiary/aromatic N) is 2. The molecular weight excluding hydrogens is 439 g/mol. The van der Waals surface area contributed by atoms with Crippen molar-refractivity contribution in [3.8, 4) is 5.69 Å². The molecule has 0 saturated carbocycles. The topological polar surface area (TPSA) is 44.0 Å². The Morgan fingerprint density at radius 2 is 1.50 bits per heavy atom. The Balaban J connectivity index is 1.81. The largest absolute Gasteiger partial charge is 0.337 e. The summed E-state index contributed by atoms with van der Waals surface area (Å²) in [5.74, 6) is 0. The fraction of sp³-hybridized carbons (Fsp3) is 0.217. The highest BCUT2D eigenvalue weighted by Crippen LogP contribution is 2.34. The van der Waals surface area contributed by atoms with E-state index in [0.717, 1.165) is 41.6 Å². The van der Waals surface area contributed by atoms with Gasteiger partial charge in [0.15, 0.2) is 0 Å². The summed E-state index contributed by atoms with van der Waals surface area (Å²) in [6.45, 7) is 0.375. The molecule has 2 aromatic heterocycles. The molecule has 0 saturated heterocycles. The van der Waals surface area contributed by atoms with E-state index in [1.165, 1.54) is 9.44 Å². The number of halogens is 2. The van der Waals surface area contributed by atoms with Crippen LogP contribution in [0.25, 0.3) is 15.9 Å². The minimum absolute atomic E-state index is 0.246. The van der Waals surface area contributed by atoms with Crippen molar-refractivity contribution >= 4 is 44.8 Å². The Bertz CT molecular complexity index is 1370. The van der Waals surface area contributed by atoms with Crippen molar-refractivity contribution in [3.63, 3.8) is 0 Å². The molecule has 152 valence electrons. The first kappa shape index (κ1) is 19.6. The molecule has 0 atom stereocenters. The van der Waals surface area contributed by atoms with Crippen LogP contribution in [0.1, 0.15) is 28.8 Å². The van der Waals surface area contributed by atoms with E-state index in [4.69, 9.17) is 23.2 Å². The first-order chi connectivity index (χ1) is 14.5. The van der Waals surface area contributed by atoms with Crippen molar-refractivity contribution in [1.82, 2.24) is 9.13 Å². The molecule has 0 amide bonds. The van der Waals surface area contributed by atoms with Crippen LogP contribution in [0.5, 0.6) is 0 Å². The standard InChI is InChI=1S/C23H18Cl2N2O2S/c24-15-7-5-14(6-8-15)13-26-22-20(18-3-1-2-4-19(18)30-22)21(28)27(23(26)29)17-11-9-16(25)10-12-17/h5-12H,1-4,13H2. The van der Waals surface area contributed by atoms with Crippen molar-refractivity contribution in [2.24, 2.45) is 0 Å². The smallest absolute Gasteiger partial charge is 0.280 e. The van der Waals surface area contributed by atoms with Crippen molar-refractivity contribution in [2.45, 2.75) is 32.2 Å². The second-order valence-corrected chi connectivity index (χ2v) is 9.46. The highest BCUT2D eigenvalue weighted by molar-refractivity contribution is 7.18. The third kappa shape index (κ3) is 3.31. The molecule has 0 radical (unpaired) electrons. The maximum absolute atomic E-state index is 13.5. The van der Waals surface area contributed by atoms with E-state index in [2.05, 4.69) is 0 Å². The molecule has 1 aliphatic rings. The van der Waals surface area contributed by atoms with Crippen LogP contribution in [-0.4, -0.2) is 9.13 Å². The minimum Gasteiger partial charge on any atom is -0.280 e. The van der Waals surface area contributed by atoms with E-state index in [-0.39, 0.29) is 11.2 Å².